The molecule has 0 atom stereocenters. The first-order valence-corrected chi connectivity index (χ1v) is 7.21. The van der Waals surface area contributed by atoms with Gasteiger partial charge in [-0.25, -0.2) is 4.98 Å². The average molecular weight is 290 g/mol. The Morgan fingerprint density at radius 3 is 3.05 bits per heavy atom. The Labute approximate surface area is 117 Å². The zero-order valence-corrected chi connectivity index (χ0v) is 11.6. The molecular weight excluding hydrogens is 280 g/mol. The standard InChI is InChI=1S/C11H10N6S2/c1-18-11-15-7-3-2-6(4-9(7)19-11)16-17-8(5-12)10(13)14/h2-4,16H,1H3,(H3,13,14)/b17-8+. The molecule has 0 aliphatic rings. The van der Waals surface area contributed by atoms with Crippen LogP contribution in [0.3, 0.4) is 0 Å². The van der Waals surface area contributed by atoms with Crippen molar-refractivity contribution in [1.29, 1.82) is 10.7 Å². The molecule has 0 spiro atoms. The first-order valence-electron chi connectivity index (χ1n) is 5.17. The van der Waals surface area contributed by atoms with Gasteiger partial charge in [-0.3, -0.25) is 10.8 Å². The number of nitrogens with two attached hydrogens (primary N) is 1. The Balaban J connectivity index is 2.27. The van der Waals surface area contributed by atoms with Gasteiger partial charge in [0.25, 0.3) is 0 Å². The van der Waals surface area contributed by atoms with E-state index in [4.69, 9.17) is 16.4 Å². The van der Waals surface area contributed by atoms with E-state index >= 15 is 0 Å². The Morgan fingerprint density at radius 1 is 1.63 bits per heavy atom. The third kappa shape index (κ3) is 3.01. The van der Waals surface area contributed by atoms with Gasteiger partial charge in [0, 0.05) is 0 Å². The highest BCUT2D eigenvalue weighted by Crippen LogP contribution is 2.29. The van der Waals surface area contributed by atoms with E-state index in [0.29, 0.717) is 0 Å². The molecule has 2 rings (SSSR count). The summed E-state index contributed by atoms with van der Waals surface area (Å²) >= 11 is 3.19. The molecule has 2 aromatic rings. The molecule has 0 bridgehead atoms. The van der Waals surface area contributed by atoms with Crippen molar-refractivity contribution in [3.8, 4) is 6.07 Å². The highest BCUT2D eigenvalue weighted by Gasteiger charge is 2.04. The predicted octanol–water partition coefficient (Wildman–Crippen LogP) is 2.25. The number of benzene rings is 1. The van der Waals surface area contributed by atoms with Crippen LogP contribution >= 0.6 is 23.1 Å². The summed E-state index contributed by atoms with van der Waals surface area (Å²) in [7, 11) is 0. The van der Waals surface area contributed by atoms with E-state index in [-0.39, 0.29) is 11.5 Å². The van der Waals surface area contributed by atoms with E-state index in [0.717, 1.165) is 20.2 Å². The maximum absolute atomic E-state index is 8.73. The third-order valence-corrected chi connectivity index (χ3v) is 4.20. The molecule has 0 saturated heterocycles. The number of fused-ring (bicyclic) bond motifs is 1. The number of thioether (sulfide) groups is 1. The van der Waals surface area contributed by atoms with Gasteiger partial charge < -0.3 is 5.73 Å². The van der Waals surface area contributed by atoms with Crippen molar-refractivity contribution in [2.24, 2.45) is 10.8 Å². The minimum Gasteiger partial charge on any atom is -0.382 e. The molecule has 19 heavy (non-hydrogen) atoms. The first kappa shape index (κ1) is 13.3. The van der Waals surface area contributed by atoms with Crippen LogP contribution in [-0.2, 0) is 0 Å². The van der Waals surface area contributed by atoms with Crippen LogP contribution in [0.5, 0.6) is 0 Å². The maximum Gasteiger partial charge on any atom is 0.201 e. The molecule has 4 N–H and O–H groups in total. The smallest absolute Gasteiger partial charge is 0.201 e. The third-order valence-electron chi connectivity index (χ3n) is 2.20. The van der Waals surface area contributed by atoms with Gasteiger partial charge in [0.1, 0.15) is 6.07 Å². The molecule has 0 aliphatic carbocycles. The van der Waals surface area contributed by atoms with Gasteiger partial charge in [0.05, 0.1) is 15.9 Å². The number of amidine groups is 1. The molecule has 0 unspecified atom stereocenters. The number of nitriles is 1. The van der Waals surface area contributed by atoms with E-state index in [1.807, 2.05) is 24.5 Å². The molecule has 0 radical (unpaired) electrons. The second kappa shape index (κ2) is 5.69. The number of nitrogens with zero attached hydrogens (tertiary/aromatic N) is 3. The summed E-state index contributed by atoms with van der Waals surface area (Å²) in [5, 5.41) is 19.7. The first-order chi connectivity index (χ1) is 9.13. The van der Waals surface area contributed by atoms with E-state index in [1.165, 1.54) is 0 Å². The average Bonchev–Trinajstić information content (AvgIpc) is 2.81. The molecule has 0 amide bonds. The lowest BCUT2D eigenvalue weighted by molar-refractivity contribution is 1.30. The van der Waals surface area contributed by atoms with Crippen LogP contribution in [-0.4, -0.2) is 22.8 Å². The van der Waals surface area contributed by atoms with Crippen LogP contribution < -0.4 is 11.2 Å². The molecule has 1 aromatic carbocycles. The van der Waals surface area contributed by atoms with Crippen molar-refractivity contribution in [1.82, 2.24) is 4.98 Å². The Hall–Kier alpha value is -2.11. The molecule has 8 heteroatoms. The van der Waals surface area contributed by atoms with Crippen LogP contribution in [0.25, 0.3) is 10.2 Å². The summed E-state index contributed by atoms with van der Waals surface area (Å²) in [6, 6.07) is 7.33. The van der Waals surface area contributed by atoms with Crippen LogP contribution in [0.2, 0.25) is 0 Å². The van der Waals surface area contributed by atoms with E-state index in [2.05, 4.69) is 15.5 Å². The van der Waals surface area contributed by atoms with E-state index in [1.54, 1.807) is 29.2 Å². The normalized spacial score (nSPS) is 11.3. The van der Waals surface area contributed by atoms with Gasteiger partial charge in [-0.05, 0) is 24.5 Å². The van der Waals surface area contributed by atoms with Crippen LogP contribution in [0.4, 0.5) is 5.69 Å². The minimum atomic E-state index is -0.362. The van der Waals surface area contributed by atoms with Crippen molar-refractivity contribution >= 4 is 50.5 Å². The molecule has 0 fully saturated rings. The number of aromatic nitrogens is 1. The zero-order valence-electron chi connectivity index (χ0n) is 9.97. The number of rotatable bonds is 4. The molecule has 96 valence electrons. The van der Waals surface area contributed by atoms with Crippen LogP contribution in [0.15, 0.2) is 27.6 Å². The number of nitrogens with one attached hydrogen (secondary N) is 2. The van der Waals surface area contributed by atoms with Crippen molar-refractivity contribution < 1.29 is 0 Å². The van der Waals surface area contributed by atoms with Crippen molar-refractivity contribution in [3.05, 3.63) is 18.2 Å². The molecule has 0 aliphatic heterocycles. The van der Waals surface area contributed by atoms with Crippen molar-refractivity contribution in [2.75, 3.05) is 11.7 Å². The Morgan fingerprint density at radius 2 is 2.42 bits per heavy atom. The SMILES string of the molecule is CSc1nc2ccc(N/N=C(\C#N)C(=N)N)cc2s1. The number of hydrogen-bond donors (Lipinski definition) is 3. The molecule has 6 nitrogen and oxygen atoms in total. The highest BCUT2D eigenvalue weighted by molar-refractivity contribution is 8.00. The van der Waals surface area contributed by atoms with Crippen molar-refractivity contribution in [3.63, 3.8) is 0 Å². The quantitative estimate of drug-likeness (QED) is 0.346. The highest BCUT2D eigenvalue weighted by atomic mass is 32.2. The second-order valence-electron chi connectivity index (χ2n) is 3.46. The minimum absolute atomic E-state index is 0.144. The molecule has 1 heterocycles. The monoisotopic (exact) mass is 290 g/mol. The molecule has 0 saturated carbocycles. The van der Waals surface area contributed by atoms with Gasteiger partial charge in [0.2, 0.25) is 5.71 Å². The van der Waals surface area contributed by atoms with Gasteiger partial charge in [-0.2, -0.15) is 10.4 Å². The Bertz CT molecular complexity index is 697. The summed E-state index contributed by atoms with van der Waals surface area (Å²) in [6.45, 7) is 0. The van der Waals surface area contributed by atoms with E-state index < -0.39 is 0 Å². The van der Waals surface area contributed by atoms with Crippen LogP contribution in [0.1, 0.15) is 0 Å². The topological polar surface area (TPSA) is 111 Å². The lowest BCUT2D eigenvalue weighted by atomic mass is 10.3. The molecular formula is C11H10N6S2. The fourth-order valence-corrected chi connectivity index (χ4v) is 2.85. The summed E-state index contributed by atoms with van der Waals surface area (Å²) in [6.07, 6.45) is 1.98. The summed E-state index contributed by atoms with van der Waals surface area (Å²) < 4.78 is 2.03. The summed E-state index contributed by atoms with van der Waals surface area (Å²) in [5.74, 6) is -0.362. The predicted molar refractivity (Wildman–Crippen MR) is 80.0 cm³/mol. The fourth-order valence-electron chi connectivity index (χ4n) is 1.33. The molecule has 1 aromatic heterocycles. The summed E-state index contributed by atoms with van der Waals surface area (Å²) in [5.41, 5.74) is 9.42. The lowest BCUT2D eigenvalue weighted by Crippen LogP contribution is -2.21. The van der Waals surface area contributed by atoms with Gasteiger partial charge in [-0.15, -0.1) is 11.3 Å². The number of thiazole rings is 1. The van der Waals surface area contributed by atoms with Gasteiger partial charge in [0.15, 0.2) is 10.2 Å². The number of hydrogen-bond acceptors (Lipinski definition) is 7. The number of anilines is 1. The summed E-state index contributed by atoms with van der Waals surface area (Å²) in [4.78, 5) is 4.42. The van der Waals surface area contributed by atoms with Crippen LogP contribution in [0, 0.1) is 16.7 Å². The fraction of sp³-hybridized carbons (Fsp3) is 0.0909. The van der Waals surface area contributed by atoms with Gasteiger partial charge in [-0.1, -0.05) is 11.8 Å². The largest absolute Gasteiger partial charge is 0.382 e. The Kier molecular flexibility index (Phi) is 3.99. The van der Waals surface area contributed by atoms with Crippen molar-refractivity contribution in [2.45, 2.75) is 4.34 Å². The van der Waals surface area contributed by atoms with E-state index in [9.17, 15) is 0 Å². The van der Waals surface area contributed by atoms with Gasteiger partial charge >= 0.3 is 0 Å². The maximum atomic E-state index is 8.73. The second-order valence-corrected chi connectivity index (χ2v) is 5.55. The zero-order chi connectivity index (χ0) is 13.8. The number of hydrazone groups is 1. The lowest BCUT2D eigenvalue weighted by Gasteiger charge is -2.00.